The van der Waals surface area contributed by atoms with Crippen LogP contribution in [0.3, 0.4) is 0 Å². The molecule has 1 saturated carbocycles. The van der Waals surface area contributed by atoms with Crippen LogP contribution in [0.1, 0.15) is 39.0 Å². The summed E-state index contributed by atoms with van der Waals surface area (Å²) in [6, 6.07) is 0. The van der Waals surface area contributed by atoms with E-state index in [0.717, 1.165) is 25.7 Å². The summed E-state index contributed by atoms with van der Waals surface area (Å²) in [4.78, 5) is 23.4. The first-order valence-corrected chi connectivity index (χ1v) is 5.45. The zero-order valence-electron chi connectivity index (χ0n) is 9.40. The number of aliphatic carboxylic acids is 1. The second kappa shape index (κ2) is 4.64. The van der Waals surface area contributed by atoms with Gasteiger partial charge in [-0.25, -0.2) is 4.79 Å². The Kier molecular flexibility index (Phi) is 3.72. The predicted octanol–water partition coefficient (Wildman–Crippen LogP) is 1.50. The van der Waals surface area contributed by atoms with Crippen molar-refractivity contribution in [1.82, 2.24) is 4.90 Å². The molecule has 1 fully saturated rings. The van der Waals surface area contributed by atoms with Crippen molar-refractivity contribution >= 4 is 12.4 Å². The molecule has 1 unspecified atom stereocenters. The van der Waals surface area contributed by atoms with E-state index in [2.05, 4.69) is 0 Å². The van der Waals surface area contributed by atoms with Crippen LogP contribution in [0.15, 0.2) is 0 Å². The highest BCUT2D eigenvalue weighted by Gasteiger charge is 2.44. The van der Waals surface area contributed by atoms with Crippen molar-refractivity contribution in [2.75, 3.05) is 7.05 Å². The molecule has 0 aromatic rings. The summed E-state index contributed by atoms with van der Waals surface area (Å²) >= 11 is 0. The number of carboxylic acids is 1. The summed E-state index contributed by atoms with van der Waals surface area (Å²) in [5.41, 5.74) is -1.04. The van der Waals surface area contributed by atoms with Gasteiger partial charge < -0.3 is 10.0 Å². The van der Waals surface area contributed by atoms with Crippen molar-refractivity contribution in [3.8, 4) is 0 Å². The summed E-state index contributed by atoms with van der Waals surface area (Å²) in [6.45, 7) is 1.65. The SMILES string of the molecule is CN(C=O)C(C)(C(=O)O)C1CCCCC1. The molecule has 15 heavy (non-hydrogen) atoms. The summed E-state index contributed by atoms with van der Waals surface area (Å²) in [7, 11) is 1.55. The van der Waals surface area contributed by atoms with E-state index in [1.54, 1.807) is 14.0 Å². The summed E-state index contributed by atoms with van der Waals surface area (Å²) in [5.74, 6) is -0.817. The summed E-state index contributed by atoms with van der Waals surface area (Å²) < 4.78 is 0. The lowest BCUT2D eigenvalue weighted by atomic mass is 9.75. The molecule has 0 radical (unpaired) electrons. The Hall–Kier alpha value is -1.06. The second-order valence-corrected chi connectivity index (χ2v) is 4.50. The monoisotopic (exact) mass is 213 g/mol. The van der Waals surface area contributed by atoms with E-state index in [9.17, 15) is 14.7 Å². The lowest BCUT2D eigenvalue weighted by Gasteiger charge is -2.41. The smallest absolute Gasteiger partial charge is 0.329 e. The third-order valence-electron chi connectivity index (χ3n) is 3.72. The van der Waals surface area contributed by atoms with Gasteiger partial charge in [0.2, 0.25) is 6.41 Å². The van der Waals surface area contributed by atoms with Gasteiger partial charge in [-0.15, -0.1) is 0 Å². The molecule has 4 heteroatoms. The Labute approximate surface area is 90.3 Å². The maximum atomic E-state index is 11.3. The van der Waals surface area contributed by atoms with Crippen LogP contribution in [-0.4, -0.2) is 35.0 Å². The molecular weight excluding hydrogens is 194 g/mol. The molecule has 86 valence electrons. The number of amides is 1. The van der Waals surface area contributed by atoms with Gasteiger partial charge >= 0.3 is 5.97 Å². The quantitative estimate of drug-likeness (QED) is 0.720. The number of hydrogen-bond acceptors (Lipinski definition) is 2. The highest BCUT2D eigenvalue weighted by Crippen LogP contribution is 2.35. The van der Waals surface area contributed by atoms with Crippen LogP contribution in [0.4, 0.5) is 0 Å². The molecule has 4 nitrogen and oxygen atoms in total. The molecule has 0 spiro atoms. The summed E-state index contributed by atoms with van der Waals surface area (Å²) in [5, 5.41) is 9.29. The average molecular weight is 213 g/mol. The highest BCUT2D eigenvalue weighted by molar-refractivity contribution is 5.81. The lowest BCUT2D eigenvalue weighted by Crippen LogP contribution is -2.55. The van der Waals surface area contributed by atoms with Crippen LogP contribution < -0.4 is 0 Å². The average Bonchev–Trinajstić information content (AvgIpc) is 2.27. The van der Waals surface area contributed by atoms with Gasteiger partial charge in [-0.3, -0.25) is 4.79 Å². The van der Waals surface area contributed by atoms with Crippen molar-refractivity contribution in [3.05, 3.63) is 0 Å². The van der Waals surface area contributed by atoms with E-state index in [-0.39, 0.29) is 5.92 Å². The molecule has 0 saturated heterocycles. The van der Waals surface area contributed by atoms with Gasteiger partial charge in [-0.05, 0) is 25.7 Å². The molecule has 0 bridgehead atoms. The maximum Gasteiger partial charge on any atom is 0.329 e. The van der Waals surface area contributed by atoms with Crippen LogP contribution in [0, 0.1) is 5.92 Å². The molecule has 0 aliphatic heterocycles. The number of likely N-dealkylation sites (N-methyl/N-ethyl adjacent to an activating group) is 1. The summed E-state index contributed by atoms with van der Waals surface area (Å²) in [6.07, 6.45) is 5.74. The van der Waals surface area contributed by atoms with Crippen molar-refractivity contribution in [1.29, 1.82) is 0 Å². The molecule has 1 aliphatic carbocycles. The van der Waals surface area contributed by atoms with Crippen LogP contribution >= 0.6 is 0 Å². The van der Waals surface area contributed by atoms with E-state index in [1.807, 2.05) is 0 Å². The van der Waals surface area contributed by atoms with Gasteiger partial charge in [-0.1, -0.05) is 19.3 Å². The van der Waals surface area contributed by atoms with Gasteiger partial charge in [0.15, 0.2) is 0 Å². The number of hydrogen-bond donors (Lipinski definition) is 1. The fourth-order valence-corrected chi connectivity index (χ4v) is 2.39. The molecule has 1 atom stereocenters. The minimum atomic E-state index is -1.04. The van der Waals surface area contributed by atoms with E-state index in [0.29, 0.717) is 6.41 Å². The van der Waals surface area contributed by atoms with Crippen LogP contribution in [0.2, 0.25) is 0 Å². The zero-order valence-corrected chi connectivity index (χ0v) is 9.40. The zero-order chi connectivity index (χ0) is 11.5. The second-order valence-electron chi connectivity index (χ2n) is 4.50. The normalized spacial score (nSPS) is 21.7. The fraction of sp³-hybridized carbons (Fsp3) is 0.818. The Morgan fingerprint density at radius 2 is 1.93 bits per heavy atom. The first kappa shape index (κ1) is 12.0. The Morgan fingerprint density at radius 3 is 2.33 bits per heavy atom. The van der Waals surface area contributed by atoms with E-state index in [1.165, 1.54) is 11.3 Å². The molecule has 0 heterocycles. The van der Waals surface area contributed by atoms with Gasteiger partial charge in [0.05, 0.1) is 0 Å². The molecule has 1 N–H and O–H groups in total. The third-order valence-corrected chi connectivity index (χ3v) is 3.72. The van der Waals surface area contributed by atoms with Gasteiger partial charge in [0, 0.05) is 7.05 Å². The Morgan fingerprint density at radius 1 is 1.40 bits per heavy atom. The van der Waals surface area contributed by atoms with E-state index < -0.39 is 11.5 Å². The van der Waals surface area contributed by atoms with Crippen molar-refractivity contribution in [2.24, 2.45) is 5.92 Å². The van der Waals surface area contributed by atoms with Crippen LogP contribution in [0.5, 0.6) is 0 Å². The van der Waals surface area contributed by atoms with Crippen molar-refractivity contribution in [2.45, 2.75) is 44.6 Å². The molecular formula is C11H19NO3. The third kappa shape index (κ3) is 2.13. The highest BCUT2D eigenvalue weighted by atomic mass is 16.4. The largest absolute Gasteiger partial charge is 0.479 e. The lowest BCUT2D eigenvalue weighted by molar-refractivity contribution is -0.157. The first-order chi connectivity index (χ1) is 7.03. The number of nitrogens with zero attached hydrogens (tertiary/aromatic N) is 1. The Balaban J connectivity index is 2.88. The van der Waals surface area contributed by atoms with Crippen molar-refractivity contribution in [3.63, 3.8) is 0 Å². The molecule has 0 aromatic carbocycles. The van der Waals surface area contributed by atoms with E-state index in [4.69, 9.17) is 0 Å². The minimum absolute atomic E-state index is 0.0824. The molecule has 1 aliphatic rings. The van der Waals surface area contributed by atoms with Gasteiger partial charge in [0.1, 0.15) is 5.54 Å². The molecule has 0 aromatic heterocycles. The number of carbonyl (C=O) groups excluding carboxylic acids is 1. The van der Waals surface area contributed by atoms with Gasteiger partial charge in [-0.2, -0.15) is 0 Å². The molecule has 1 amide bonds. The first-order valence-electron chi connectivity index (χ1n) is 5.45. The minimum Gasteiger partial charge on any atom is -0.479 e. The number of carboxylic acid groups (broad SMARTS) is 1. The Bertz CT molecular complexity index is 248. The number of carbonyl (C=O) groups is 2. The topological polar surface area (TPSA) is 57.6 Å². The maximum absolute atomic E-state index is 11.3. The fourth-order valence-electron chi connectivity index (χ4n) is 2.39. The predicted molar refractivity (Wildman–Crippen MR) is 56.4 cm³/mol. The van der Waals surface area contributed by atoms with Crippen molar-refractivity contribution < 1.29 is 14.7 Å². The van der Waals surface area contributed by atoms with Gasteiger partial charge in [0.25, 0.3) is 0 Å². The van der Waals surface area contributed by atoms with Crippen LogP contribution in [0.25, 0.3) is 0 Å². The van der Waals surface area contributed by atoms with E-state index >= 15 is 0 Å². The standard InChI is InChI=1S/C11H19NO3/c1-11(10(14)15,12(2)8-13)9-6-4-3-5-7-9/h8-9H,3-7H2,1-2H3,(H,14,15). The van der Waals surface area contributed by atoms with Crippen LogP contribution in [-0.2, 0) is 9.59 Å². The number of rotatable bonds is 4. The molecule has 1 rings (SSSR count).